The third-order valence-electron chi connectivity index (χ3n) is 2.53. The lowest BCUT2D eigenvalue weighted by Gasteiger charge is -2.31. The number of aromatic nitrogens is 1. The second kappa shape index (κ2) is 5.97. The van der Waals surface area contributed by atoms with E-state index in [4.69, 9.17) is 5.73 Å². The molecule has 0 atom stereocenters. The molecule has 0 aromatic carbocycles. The van der Waals surface area contributed by atoms with Gasteiger partial charge in [-0.3, -0.25) is 4.79 Å². The molecule has 0 saturated heterocycles. The van der Waals surface area contributed by atoms with Gasteiger partial charge in [-0.2, -0.15) is 0 Å². The number of carbonyl (C=O) groups is 1. The first-order valence-corrected chi connectivity index (χ1v) is 7.95. The van der Waals surface area contributed by atoms with Crippen molar-refractivity contribution in [2.45, 2.75) is 43.9 Å². The van der Waals surface area contributed by atoms with Crippen molar-refractivity contribution in [2.24, 2.45) is 11.1 Å². The molecule has 0 aliphatic heterocycles. The molecule has 0 aliphatic rings. The van der Waals surface area contributed by atoms with Crippen molar-refractivity contribution in [1.29, 1.82) is 0 Å². The Kier molecular flexibility index (Phi) is 5.10. The average Bonchev–Trinajstić information content (AvgIpc) is 2.26. The normalized spacial score (nSPS) is 12.4. The van der Waals surface area contributed by atoms with Crippen LogP contribution >= 0.6 is 21.6 Å². The molecule has 1 aromatic heterocycles. The van der Waals surface area contributed by atoms with Gasteiger partial charge in [-0.15, -0.1) is 0 Å². The molecular weight excluding hydrogens is 264 g/mol. The van der Waals surface area contributed by atoms with Crippen molar-refractivity contribution in [1.82, 2.24) is 4.98 Å². The molecule has 5 heteroatoms. The zero-order valence-corrected chi connectivity index (χ0v) is 12.9. The second-order valence-corrected chi connectivity index (χ2v) is 8.38. The lowest BCUT2D eigenvalue weighted by Crippen LogP contribution is -2.36. The van der Waals surface area contributed by atoms with Crippen LogP contribution in [-0.4, -0.2) is 15.6 Å². The molecule has 0 bridgehead atoms. The molecule has 100 valence electrons. The topological polar surface area (TPSA) is 56.0 Å². The molecule has 0 saturated carbocycles. The van der Waals surface area contributed by atoms with Gasteiger partial charge >= 0.3 is 0 Å². The van der Waals surface area contributed by atoms with Crippen LogP contribution in [0.25, 0.3) is 0 Å². The number of carbonyl (C=O) groups excluding carboxylic acids is 1. The Balaban J connectivity index is 2.57. The fraction of sp³-hybridized carbons (Fsp3) is 0.538. The van der Waals surface area contributed by atoms with Crippen molar-refractivity contribution in [3.05, 3.63) is 24.4 Å². The molecule has 0 unspecified atom stereocenters. The van der Waals surface area contributed by atoms with Crippen molar-refractivity contribution in [3.63, 3.8) is 0 Å². The summed E-state index contributed by atoms with van der Waals surface area (Å²) in [6, 6.07) is 5.85. The number of nitrogens with two attached hydrogens (primary N) is 1. The molecule has 3 nitrogen and oxygen atoms in total. The zero-order valence-electron chi connectivity index (χ0n) is 11.3. The minimum atomic E-state index is -0.485. The number of primary amides is 1. The van der Waals surface area contributed by atoms with Crippen LogP contribution in [0.3, 0.4) is 0 Å². The first-order chi connectivity index (χ1) is 8.23. The van der Waals surface area contributed by atoms with Crippen LogP contribution in [0.4, 0.5) is 0 Å². The van der Waals surface area contributed by atoms with Crippen molar-refractivity contribution in [3.8, 4) is 0 Å². The van der Waals surface area contributed by atoms with Gasteiger partial charge in [0.05, 0.1) is 0 Å². The van der Waals surface area contributed by atoms with E-state index in [0.29, 0.717) is 0 Å². The average molecular weight is 284 g/mol. The highest BCUT2D eigenvalue weighted by atomic mass is 33.1. The summed E-state index contributed by atoms with van der Waals surface area (Å²) < 4.78 is -0.0410. The summed E-state index contributed by atoms with van der Waals surface area (Å²) in [7, 11) is 3.36. The molecule has 0 fully saturated rings. The highest BCUT2D eigenvalue weighted by Crippen LogP contribution is 2.45. The SMILES string of the molecule is CC(C)(CC(C)(C)C(N)=O)SSc1ccccn1. The molecule has 0 aliphatic carbocycles. The Labute approximate surface area is 117 Å². The van der Waals surface area contributed by atoms with E-state index in [9.17, 15) is 4.79 Å². The number of nitrogens with zero attached hydrogens (tertiary/aromatic N) is 1. The highest BCUT2D eigenvalue weighted by Gasteiger charge is 2.33. The van der Waals surface area contributed by atoms with E-state index in [1.165, 1.54) is 0 Å². The van der Waals surface area contributed by atoms with Crippen LogP contribution in [-0.2, 0) is 4.79 Å². The van der Waals surface area contributed by atoms with Crippen LogP contribution in [0.15, 0.2) is 29.4 Å². The number of pyridine rings is 1. The van der Waals surface area contributed by atoms with E-state index < -0.39 is 5.41 Å². The largest absolute Gasteiger partial charge is 0.369 e. The molecule has 1 aromatic rings. The fourth-order valence-corrected chi connectivity index (χ4v) is 4.11. The predicted octanol–water partition coefficient (Wildman–Crippen LogP) is 3.50. The molecule has 1 amide bonds. The van der Waals surface area contributed by atoms with Gasteiger partial charge in [0.2, 0.25) is 5.91 Å². The van der Waals surface area contributed by atoms with Gasteiger partial charge < -0.3 is 5.73 Å². The molecule has 0 radical (unpaired) electrons. The second-order valence-electron chi connectivity index (χ2n) is 5.52. The molecule has 2 N–H and O–H groups in total. The lowest BCUT2D eigenvalue weighted by atomic mass is 9.83. The maximum Gasteiger partial charge on any atom is 0.223 e. The smallest absolute Gasteiger partial charge is 0.223 e. The number of hydrogen-bond donors (Lipinski definition) is 1. The summed E-state index contributed by atoms with van der Waals surface area (Å²) in [6.07, 6.45) is 2.52. The van der Waals surface area contributed by atoms with Gasteiger partial charge in [0.15, 0.2) is 0 Å². The summed E-state index contributed by atoms with van der Waals surface area (Å²) >= 11 is 0. The maximum absolute atomic E-state index is 11.4. The molecule has 1 heterocycles. The van der Waals surface area contributed by atoms with E-state index >= 15 is 0 Å². The highest BCUT2D eigenvalue weighted by molar-refractivity contribution is 8.77. The standard InChI is InChI=1S/C13H20N2OS2/c1-12(2,11(14)16)9-13(3,4)18-17-10-7-5-6-8-15-10/h5-8H,9H2,1-4H3,(H2,14,16). The Morgan fingerprint density at radius 2 is 2.00 bits per heavy atom. The third-order valence-corrected chi connectivity index (χ3v) is 5.73. The monoisotopic (exact) mass is 284 g/mol. The summed E-state index contributed by atoms with van der Waals surface area (Å²) in [6.45, 7) is 8.03. The quantitative estimate of drug-likeness (QED) is 0.812. The number of amides is 1. The zero-order chi connectivity index (χ0) is 13.8. The predicted molar refractivity (Wildman–Crippen MR) is 79.4 cm³/mol. The summed E-state index contributed by atoms with van der Waals surface area (Å²) in [4.78, 5) is 15.6. The van der Waals surface area contributed by atoms with Gasteiger partial charge in [-0.1, -0.05) is 30.7 Å². The Morgan fingerprint density at radius 3 is 2.50 bits per heavy atom. The fourth-order valence-electron chi connectivity index (χ4n) is 1.73. The maximum atomic E-state index is 11.4. The van der Waals surface area contributed by atoms with E-state index in [1.807, 2.05) is 32.0 Å². The van der Waals surface area contributed by atoms with Gasteiger partial charge in [0.25, 0.3) is 0 Å². The van der Waals surface area contributed by atoms with E-state index in [0.717, 1.165) is 11.4 Å². The minimum Gasteiger partial charge on any atom is -0.369 e. The van der Waals surface area contributed by atoms with E-state index in [1.54, 1.807) is 27.8 Å². The van der Waals surface area contributed by atoms with Crippen LogP contribution in [0.1, 0.15) is 34.1 Å². The molecule has 1 rings (SSSR count). The van der Waals surface area contributed by atoms with Crippen LogP contribution < -0.4 is 5.73 Å². The molecule has 18 heavy (non-hydrogen) atoms. The minimum absolute atomic E-state index is 0.0410. The first kappa shape index (κ1) is 15.4. The Morgan fingerprint density at radius 1 is 1.33 bits per heavy atom. The van der Waals surface area contributed by atoms with Crippen molar-refractivity contribution < 1.29 is 4.79 Å². The van der Waals surface area contributed by atoms with Gasteiger partial charge in [0, 0.05) is 16.4 Å². The Hall–Kier alpha value is -0.680. The van der Waals surface area contributed by atoms with Gasteiger partial charge in [-0.25, -0.2) is 4.98 Å². The summed E-state index contributed by atoms with van der Waals surface area (Å²) in [5.41, 5.74) is 4.93. The third kappa shape index (κ3) is 4.90. The van der Waals surface area contributed by atoms with Gasteiger partial charge in [-0.05, 0) is 43.2 Å². The molecular formula is C13H20N2OS2. The summed E-state index contributed by atoms with van der Waals surface area (Å²) in [5, 5.41) is 0.979. The lowest BCUT2D eigenvalue weighted by molar-refractivity contribution is -0.126. The van der Waals surface area contributed by atoms with Gasteiger partial charge in [0.1, 0.15) is 5.03 Å². The van der Waals surface area contributed by atoms with Crippen molar-refractivity contribution in [2.75, 3.05) is 0 Å². The van der Waals surface area contributed by atoms with E-state index in [2.05, 4.69) is 18.8 Å². The first-order valence-electron chi connectivity index (χ1n) is 5.80. The Bertz CT molecular complexity index is 405. The van der Waals surface area contributed by atoms with Crippen LogP contribution in [0.5, 0.6) is 0 Å². The van der Waals surface area contributed by atoms with Crippen molar-refractivity contribution >= 4 is 27.5 Å². The van der Waals surface area contributed by atoms with E-state index in [-0.39, 0.29) is 10.7 Å². The number of hydrogen-bond acceptors (Lipinski definition) is 4. The summed E-state index contributed by atoms with van der Waals surface area (Å²) in [5.74, 6) is -0.251. The number of rotatable bonds is 6. The molecule has 0 spiro atoms. The van der Waals surface area contributed by atoms with Crippen LogP contribution in [0, 0.1) is 5.41 Å². The van der Waals surface area contributed by atoms with Crippen LogP contribution in [0.2, 0.25) is 0 Å².